The lowest BCUT2D eigenvalue weighted by Crippen LogP contribution is -2.01. The molecule has 0 heterocycles. The zero-order chi connectivity index (χ0) is 18.9. The number of carbonyl (C=O) groups excluding carboxylic acids is 1. The highest BCUT2D eigenvalue weighted by atomic mass is 127. The van der Waals surface area contributed by atoms with Crippen molar-refractivity contribution < 1.29 is 19.0 Å². The second-order valence-electron chi connectivity index (χ2n) is 5.17. The number of hydrogen-bond donors (Lipinski definition) is 0. The van der Waals surface area contributed by atoms with E-state index in [-0.39, 0.29) is 6.61 Å². The maximum atomic E-state index is 11.5. The van der Waals surface area contributed by atoms with Gasteiger partial charge in [-0.2, -0.15) is 0 Å². The number of halogens is 2. The molecule has 0 N–H and O–H groups in total. The Labute approximate surface area is 171 Å². The third-order valence-electron chi connectivity index (χ3n) is 3.34. The summed E-state index contributed by atoms with van der Waals surface area (Å²) in [5, 5.41) is 0.652. The van der Waals surface area contributed by atoms with Crippen molar-refractivity contribution in [3.63, 3.8) is 0 Å². The zero-order valence-corrected chi connectivity index (χ0v) is 17.1. The van der Waals surface area contributed by atoms with E-state index in [0.717, 1.165) is 14.7 Å². The van der Waals surface area contributed by atoms with Gasteiger partial charge in [-0.25, -0.2) is 4.79 Å². The van der Waals surface area contributed by atoms with Crippen LogP contribution in [-0.4, -0.2) is 19.7 Å². The van der Waals surface area contributed by atoms with Crippen LogP contribution in [0.2, 0.25) is 5.02 Å². The monoisotopic (exact) mass is 484 g/mol. The van der Waals surface area contributed by atoms with Crippen molar-refractivity contribution in [2.45, 2.75) is 6.61 Å². The van der Waals surface area contributed by atoms with Gasteiger partial charge in [0.15, 0.2) is 11.5 Å². The molecular weight excluding hydrogens is 467 g/mol. The van der Waals surface area contributed by atoms with Crippen LogP contribution in [-0.2, 0) is 16.1 Å². The number of methoxy groups -OCH3 is 1. The van der Waals surface area contributed by atoms with Gasteiger partial charge in [0.25, 0.3) is 0 Å². The third kappa shape index (κ3) is 5.78. The molecule has 0 aliphatic carbocycles. The van der Waals surface area contributed by atoms with Crippen molar-refractivity contribution in [1.29, 1.82) is 0 Å². The Kier molecular flexibility index (Phi) is 8.00. The zero-order valence-electron chi connectivity index (χ0n) is 14.2. The molecule has 0 saturated heterocycles. The minimum atomic E-state index is -0.432. The fourth-order valence-electron chi connectivity index (χ4n) is 2.09. The lowest BCUT2D eigenvalue weighted by atomic mass is 10.2. The van der Waals surface area contributed by atoms with Gasteiger partial charge in [-0.1, -0.05) is 42.5 Å². The second kappa shape index (κ2) is 10.2. The molecule has 0 unspecified atom stereocenters. The molecule has 0 amide bonds. The van der Waals surface area contributed by atoms with Crippen molar-refractivity contribution in [1.82, 2.24) is 0 Å². The first-order valence-corrected chi connectivity index (χ1v) is 9.20. The summed E-state index contributed by atoms with van der Waals surface area (Å²) in [6.45, 7) is 4.01. The SMILES string of the molecule is C=CCOC(=O)/C=C/c1cc(I)c(OCc2ccccc2Cl)c(OC)c1. The molecule has 2 aromatic rings. The van der Waals surface area contributed by atoms with Gasteiger partial charge in [0.2, 0.25) is 0 Å². The summed E-state index contributed by atoms with van der Waals surface area (Å²) < 4.78 is 17.1. The van der Waals surface area contributed by atoms with Crippen molar-refractivity contribution in [2.75, 3.05) is 13.7 Å². The maximum absolute atomic E-state index is 11.5. The lowest BCUT2D eigenvalue weighted by molar-refractivity contribution is -0.136. The van der Waals surface area contributed by atoms with E-state index >= 15 is 0 Å². The Morgan fingerprint density at radius 3 is 2.77 bits per heavy atom. The fraction of sp³-hybridized carbons (Fsp3) is 0.150. The van der Waals surface area contributed by atoms with Gasteiger partial charge in [0.05, 0.1) is 10.7 Å². The topological polar surface area (TPSA) is 44.8 Å². The summed E-state index contributed by atoms with van der Waals surface area (Å²) in [5.74, 6) is 0.764. The number of hydrogen-bond acceptors (Lipinski definition) is 4. The molecule has 0 bridgehead atoms. The minimum absolute atomic E-state index is 0.179. The third-order valence-corrected chi connectivity index (χ3v) is 4.51. The van der Waals surface area contributed by atoms with Crippen LogP contribution in [0.5, 0.6) is 11.5 Å². The molecular formula is C20H18ClIO4. The maximum Gasteiger partial charge on any atom is 0.331 e. The van der Waals surface area contributed by atoms with E-state index in [4.69, 9.17) is 25.8 Å². The number of esters is 1. The van der Waals surface area contributed by atoms with E-state index in [1.165, 1.54) is 12.2 Å². The molecule has 0 radical (unpaired) electrons. The van der Waals surface area contributed by atoms with Crippen LogP contribution < -0.4 is 9.47 Å². The van der Waals surface area contributed by atoms with Gasteiger partial charge in [-0.05, 0) is 52.4 Å². The molecule has 0 spiro atoms. The molecule has 6 heteroatoms. The number of carbonyl (C=O) groups is 1. The summed E-state index contributed by atoms with van der Waals surface area (Å²) in [4.78, 5) is 11.5. The lowest BCUT2D eigenvalue weighted by Gasteiger charge is -2.14. The first-order chi connectivity index (χ1) is 12.5. The molecule has 2 rings (SSSR count). The van der Waals surface area contributed by atoms with E-state index in [1.807, 2.05) is 30.3 Å². The molecule has 26 heavy (non-hydrogen) atoms. The highest BCUT2D eigenvalue weighted by Crippen LogP contribution is 2.35. The van der Waals surface area contributed by atoms with E-state index < -0.39 is 5.97 Å². The highest BCUT2D eigenvalue weighted by Gasteiger charge is 2.12. The van der Waals surface area contributed by atoms with Gasteiger partial charge in [-0.15, -0.1) is 0 Å². The quantitative estimate of drug-likeness (QED) is 0.221. The van der Waals surface area contributed by atoms with Crippen LogP contribution >= 0.6 is 34.2 Å². The van der Waals surface area contributed by atoms with Crippen LogP contribution in [0.15, 0.2) is 55.1 Å². The van der Waals surface area contributed by atoms with E-state index in [0.29, 0.717) is 23.1 Å². The largest absolute Gasteiger partial charge is 0.493 e. The number of rotatable bonds is 8. The minimum Gasteiger partial charge on any atom is -0.493 e. The molecule has 0 aromatic heterocycles. The van der Waals surface area contributed by atoms with Gasteiger partial charge < -0.3 is 14.2 Å². The van der Waals surface area contributed by atoms with Gasteiger partial charge in [0, 0.05) is 16.7 Å². The van der Waals surface area contributed by atoms with Crippen molar-refractivity contribution >= 4 is 46.2 Å². The predicted octanol–water partition coefficient (Wildman–Crippen LogP) is 5.27. The molecule has 0 aliphatic rings. The predicted molar refractivity (Wildman–Crippen MR) is 112 cm³/mol. The fourth-order valence-corrected chi connectivity index (χ4v) is 3.07. The Morgan fingerprint density at radius 1 is 1.31 bits per heavy atom. The van der Waals surface area contributed by atoms with Crippen LogP contribution in [0.4, 0.5) is 0 Å². The Hall–Kier alpha value is -1.99. The summed E-state index contributed by atoms with van der Waals surface area (Å²) in [5.41, 5.74) is 1.69. The van der Waals surface area contributed by atoms with Gasteiger partial charge in [-0.3, -0.25) is 0 Å². The smallest absolute Gasteiger partial charge is 0.331 e. The van der Waals surface area contributed by atoms with E-state index in [2.05, 4.69) is 29.2 Å². The highest BCUT2D eigenvalue weighted by molar-refractivity contribution is 14.1. The van der Waals surface area contributed by atoms with Crippen molar-refractivity contribution in [2.24, 2.45) is 0 Å². The summed E-state index contributed by atoms with van der Waals surface area (Å²) in [6.07, 6.45) is 4.54. The van der Waals surface area contributed by atoms with Gasteiger partial charge >= 0.3 is 5.97 Å². The average molecular weight is 485 g/mol. The molecule has 0 atom stereocenters. The molecule has 2 aromatic carbocycles. The molecule has 0 fully saturated rings. The van der Waals surface area contributed by atoms with Crippen LogP contribution in [0.3, 0.4) is 0 Å². The molecule has 4 nitrogen and oxygen atoms in total. The Morgan fingerprint density at radius 2 is 2.08 bits per heavy atom. The summed E-state index contributed by atoms with van der Waals surface area (Å²) in [6, 6.07) is 11.2. The molecule has 0 aliphatic heterocycles. The van der Waals surface area contributed by atoms with Crippen LogP contribution in [0.25, 0.3) is 6.08 Å². The summed E-state index contributed by atoms with van der Waals surface area (Å²) in [7, 11) is 1.57. The van der Waals surface area contributed by atoms with Crippen molar-refractivity contribution in [3.8, 4) is 11.5 Å². The average Bonchev–Trinajstić information content (AvgIpc) is 2.64. The van der Waals surface area contributed by atoms with E-state index in [1.54, 1.807) is 19.3 Å². The second-order valence-corrected chi connectivity index (χ2v) is 6.74. The first kappa shape index (κ1) is 20.3. The van der Waals surface area contributed by atoms with E-state index in [9.17, 15) is 4.79 Å². The number of benzene rings is 2. The summed E-state index contributed by atoms with van der Waals surface area (Å²) >= 11 is 8.33. The van der Waals surface area contributed by atoms with Crippen LogP contribution in [0.1, 0.15) is 11.1 Å². The Bertz CT molecular complexity index is 817. The Balaban J connectivity index is 2.16. The molecule has 136 valence electrons. The van der Waals surface area contributed by atoms with Gasteiger partial charge in [0.1, 0.15) is 13.2 Å². The standard InChI is InChI=1S/C20H18ClIO4/c1-3-10-25-19(23)9-8-14-11-17(22)20(18(12-14)24-2)26-13-15-6-4-5-7-16(15)21/h3-9,11-12H,1,10,13H2,2H3/b9-8+. The van der Waals surface area contributed by atoms with Crippen LogP contribution in [0, 0.1) is 3.57 Å². The number of ether oxygens (including phenoxy) is 3. The first-order valence-electron chi connectivity index (χ1n) is 7.74. The normalized spacial score (nSPS) is 10.6. The van der Waals surface area contributed by atoms with Crippen molar-refractivity contribution in [3.05, 3.63) is 74.8 Å². The molecule has 0 saturated carbocycles.